The van der Waals surface area contributed by atoms with E-state index in [1.807, 2.05) is 0 Å². The molecule has 0 saturated carbocycles. The van der Waals surface area contributed by atoms with Crippen molar-refractivity contribution in [3.05, 3.63) is 5.89 Å². The van der Waals surface area contributed by atoms with Crippen molar-refractivity contribution in [2.24, 2.45) is 0 Å². The van der Waals surface area contributed by atoms with Crippen LogP contribution in [0.1, 0.15) is 19.2 Å². The highest BCUT2D eigenvalue weighted by atomic mass is 35.5. The Morgan fingerprint density at radius 1 is 1.50 bits per heavy atom. The van der Waals surface area contributed by atoms with Crippen molar-refractivity contribution in [3.63, 3.8) is 0 Å². The number of ether oxygens (including phenoxy) is 1. The van der Waals surface area contributed by atoms with E-state index in [-0.39, 0.29) is 0 Å². The monoisotopic (exact) mass is 245 g/mol. The van der Waals surface area contributed by atoms with Crippen LogP contribution >= 0.6 is 11.6 Å². The summed E-state index contributed by atoms with van der Waals surface area (Å²) in [7, 11) is 0. The molecule has 0 N–H and O–H groups in total. The first-order valence-electron chi connectivity index (χ1n) is 5.58. The van der Waals surface area contributed by atoms with E-state index in [0.29, 0.717) is 36.9 Å². The van der Waals surface area contributed by atoms with Gasteiger partial charge >= 0.3 is 6.01 Å². The quantitative estimate of drug-likeness (QED) is 0.752. The van der Waals surface area contributed by atoms with Crippen molar-refractivity contribution in [1.82, 2.24) is 10.2 Å². The van der Waals surface area contributed by atoms with Gasteiger partial charge in [-0.25, -0.2) is 0 Å². The van der Waals surface area contributed by atoms with Gasteiger partial charge in [0.05, 0.1) is 19.3 Å². The molecular formula is C10H16ClN3O2. The third kappa shape index (κ3) is 2.47. The lowest BCUT2D eigenvalue weighted by Gasteiger charge is -2.33. The molecule has 1 aliphatic rings. The summed E-state index contributed by atoms with van der Waals surface area (Å²) in [5, 5.41) is 8.02. The van der Waals surface area contributed by atoms with Crippen molar-refractivity contribution in [2.45, 2.75) is 25.8 Å². The molecule has 5 nitrogen and oxygen atoms in total. The van der Waals surface area contributed by atoms with Gasteiger partial charge in [0.2, 0.25) is 5.89 Å². The fraction of sp³-hybridized carbons (Fsp3) is 0.800. The van der Waals surface area contributed by atoms with Gasteiger partial charge in [0.25, 0.3) is 0 Å². The first kappa shape index (κ1) is 11.7. The van der Waals surface area contributed by atoms with Crippen LogP contribution in [0.4, 0.5) is 6.01 Å². The standard InChI is InChI=1S/C10H16ClN3O2/c1-2-8-7-15-6-5-14(8)10-13-12-9(16-10)3-4-11/h8H,2-7H2,1H3. The number of alkyl halides is 1. The molecule has 0 aromatic carbocycles. The van der Waals surface area contributed by atoms with Gasteiger partial charge in [-0.3, -0.25) is 0 Å². The minimum absolute atomic E-state index is 0.332. The maximum atomic E-state index is 5.63. The van der Waals surface area contributed by atoms with Crippen LogP contribution in [0.25, 0.3) is 0 Å². The lowest BCUT2D eigenvalue weighted by Crippen LogP contribution is -2.45. The van der Waals surface area contributed by atoms with Gasteiger partial charge in [-0.15, -0.1) is 16.7 Å². The highest BCUT2D eigenvalue weighted by molar-refractivity contribution is 6.17. The molecule has 1 aromatic rings. The number of morpholine rings is 1. The highest BCUT2D eigenvalue weighted by Gasteiger charge is 2.25. The van der Waals surface area contributed by atoms with E-state index >= 15 is 0 Å². The molecule has 0 aliphatic carbocycles. The number of anilines is 1. The predicted octanol–water partition coefficient (Wildman–Crippen LogP) is 1.47. The van der Waals surface area contributed by atoms with Crippen molar-refractivity contribution in [1.29, 1.82) is 0 Å². The molecule has 1 unspecified atom stereocenters. The molecule has 1 aromatic heterocycles. The third-order valence-electron chi connectivity index (χ3n) is 2.71. The number of rotatable bonds is 4. The van der Waals surface area contributed by atoms with E-state index in [0.717, 1.165) is 19.6 Å². The minimum atomic E-state index is 0.332. The SMILES string of the molecule is CCC1COCCN1c1nnc(CCCl)o1. The average molecular weight is 246 g/mol. The Balaban J connectivity index is 2.08. The number of hydrogen-bond acceptors (Lipinski definition) is 5. The van der Waals surface area contributed by atoms with Crippen LogP contribution in [-0.4, -0.2) is 41.9 Å². The van der Waals surface area contributed by atoms with Gasteiger partial charge in [0.1, 0.15) is 0 Å². The fourth-order valence-corrected chi connectivity index (χ4v) is 1.95. The molecule has 6 heteroatoms. The number of nitrogens with zero attached hydrogens (tertiary/aromatic N) is 3. The molecule has 0 bridgehead atoms. The van der Waals surface area contributed by atoms with Crippen molar-refractivity contribution in [3.8, 4) is 0 Å². The molecule has 1 fully saturated rings. The van der Waals surface area contributed by atoms with Crippen LogP contribution in [0.3, 0.4) is 0 Å². The summed E-state index contributed by atoms with van der Waals surface area (Å²) >= 11 is 5.63. The topological polar surface area (TPSA) is 51.4 Å². The second-order valence-electron chi connectivity index (χ2n) is 3.75. The Bertz CT molecular complexity index is 332. The predicted molar refractivity (Wildman–Crippen MR) is 61.0 cm³/mol. The maximum Gasteiger partial charge on any atom is 0.318 e. The van der Waals surface area contributed by atoms with E-state index in [4.69, 9.17) is 20.8 Å². The highest BCUT2D eigenvalue weighted by Crippen LogP contribution is 2.20. The van der Waals surface area contributed by atoms with Crippen LogP contribution in [0.2, 0.25) is 0 Å². The summed E-state index contributed by atoms with van der Waals surface area (Å²) in [5.41, 5.74) is 0. The molecule has 1 saturated heterocycles. The summed E-state index contributed by atoms with van der Waals surface area (Å²) in [6, 6.07) is 0.924. The first-order chi connectivity index (χ1) is 7.85. The Morgan fingerprint density at radius 3 is 3.12 bits per heavy atom. The summed E-state index contributed by atoms with van der Waals surface area (Å²) < 4.78 is 11.0. The smallest absolute Gasteiger partial charge is 0.318 e. The van der Waals surface area contributed by atoms with Gasteiger partial charge in [-0.05, 0) is 6.42 Å². The summed E-state index contributed by atoms with van der Waals surface area (Å²) in [6.45, 7) is 4.37. The minimum Gasteiger partial charge on any atom is -0.408 e. The molecule has 2 rings (SSSR count). The number of aryl methyl sites for hydroxylation is 1. The van der Waals surface area contributed by atoms with Gasteiger partial charge in [-0.1, -0.05) is 12.0 Å². The van der Waals surface area contributed by atoms with Crippen LogP contribution < -0.4 is 4.90 Å². The van der Waals surface area contributed by atoms with Crippen molar-refractivity contribution in [2.75, 3.05) is 30.5 Å². The van der Waals surface area contributed by atoms with Gasteiger partial charge in [-0.2, -0.15) is 0 Å². The summed E-state index contributed by atoms with van der Waals surface area (Å²) in [5.74, 6) is 1.11. The molecule has 2 heterocycles. The zero-order valence-electron chi connectivity index (χ0n) is 9.36. The molecule has 1 atom stereocenters. The molecule has 1 aliphatic heterocycles. The van der Waals surface area contributed by atoms with Crippen molar-refractivity contribution >= 4 is 17.6 Å². The third-order valence-corrected chi connectivity index (χ3v) is 2.90. The number of hydrogen-bond donors (Lipinski definition) is 0. The Hall–Kier alpha value is -0.810. The van der Waals surface area contributed by atoms with Gasteiger partial charge in [0.15, 0.2) is 0 Å². The molecule has 16 heavy (non-hydrogen) atoms. The fourth-order valence-electron chi connectivity index (χ4n) is 1.79. The van der Waals surface area contributed by atoms with E-state index in [1.165, 1.54) is 0 Å². The zero-order chi connectivity index (χ0) is 11.4. The van der Waals surface area contributed by atoms with E-state index in [2.05, 4.69) is 22.0 Å². The Kier molecular flexibility index (Phi) is 4.01. The lowest BCUT2D eigenvalue weighted by atomic mass is 10.2. The normalized spacial score (nSPS) is 21.4. The molecule has 90 valence electrons. The molecule has 0 spiro atoms. The largest absolute Gasteiger partial charge is 0.408 e. The number of aromatic nitrogens is 2. The molecular weight excluding hydrogens is 230 g/mol. The second kappa shape index (κ2) is 5.50. The summed E-state index contributed by atoms with van der Waals surface area (Å²) in [6.07, 6.45) is 1.63. The zero-order valence-corrected chi connectivity index (χ0v) is 10.1. The lowest BCUT2D eigenvalue weighted by molar-refractivity contribution is 0.0899. The van der Waals surface area contributed by atoms with E-state index < -0.39 is 0 Å². The molecule has 0 radical (unpaired) electrons. The Morgan fingerprint density at radius 2 is 2.38 bits per heavy atom. The van der Waals surface area contributed by atoms with E-state index in [1.54, 1.807) is 0 Å². The average Bonchev–Trinajstić information content (AvgIpc) is 2.78. The van der Waals surface area contributed by atoms with Gasteiger partial charge < -0.3 is 14.1 Å². The first-order valence-corrected chi connectivity index (χ1v) is 6.11. The molecule has 0 amide bonds. The van der Waals surface area contributed by atoms with Crippen LogP contribution in [-0.2, 0) is 11.2 Å². The van der Waals surface area contributed by atoms with Crippen LogP contribution in [0, 0.1) is 0 Å². The van der Waals surface area contributed by atoms with Crippen molar-refractivity contribution < 1.29 is 9.15 Å². The summed E-state index contributed by atoms with van der Waals surface area (Å²) in [4.78, 5) is 2.12. The van der Waals surface area contributed by atoms with Gasteiger partial charge in [0, 0.05) is 18.8 Å². The van der Waals surface area contributed by atoms with Crippen LogP contribution in [0.5, 0.6) is 0 Å². The van der Waals surface area contributed by atoms with Crippen LogP contribution in [0.15, 0.2) is 4.42 Å². The maximum absolute atomic E-state index is 5.63. The Labute approximate surface area is 99.7 Å². The number of halogens is 1. The second-order valence-corrected chi connectivity index (χ2v) is 4.13. The van der Waals surface area contributed by atoms with E-state index in [9.17, 15) is 0 Å².